The number of ether oxygens (including phenoxy) is 2. The van der Waals surface area contributed by atoms with E-state index in [4.69, 9.17) is 9.47 Å². The van der Waals surface area contributed by atoms with E-state index in [-0.39, 0.29) is 5.91 Å². The number of hydrogen-bond donors (Lipinski definition) is 1. The molecule has 0 aromatic heterocycles. The fourth-order valence-corrected chi connectivity index (χ4v) is 3.00. The van der Waals surface area contributed by atoms with Gasteiger partial charge in [0.25, 0.3) is 5.91 Å². The van der Waals surface area contributed by atoms with Gasteiger partial charge in [0.05, 0.1) is 14.2 Å². The summed E-state index contributed by atoms with van der Waals surface area (Å²) in [4.78, 5) is 14.8. The zero-order valence-corrected chi connectivity index (χ0v) is 14.3. The van der Waals surface area contributed by atoms with E-state index < -0.39 is 0 Å². The van der Waals surface area contributed by atoms with Gasteiger partial charge in [-0.3, -0.25) is 4.79 Å². The molecule has 5 nitrogen and oxygen atoms in total. The van der Waals surface area contributed by atoms with Crippen molar-refractivity contribution in [2.75, 3.05) is 38.0 Å². The highest BCUT2D eigenvalue weighted by molar-refractivity contribution is 6.05. The van der Waals surface area contributed by atoms with Crippen LogP contribution < -0.4 is 19.7 Å². The van der Waals surface area contributed by atoms with Crippen molar-refractivity contribution in [1.82, 2.24) is 0 Å². The molecule has 126 valence electrons. The van der Waals surface area contributed by atoms with E-state index in [1.165, 1.54) is 11.3 Å². The fraction of sp³-hybridized carbons (Fsp3) is 0.316. The lowest BCUT2D eigenvalue weighted by molar-refractivity contribution is 0.102. The van der Waals surface area contributed by atoms with Gasteiger partial charge in [-0.15, -0.1) is 0 Å². The summed E-state index contributed by atoms with van der Waals surface area (Å²) in [5.74, 6) is 0.995. The number of aryl methyl sites for hydroxylation is 1. The average Bonchev–Trinajstić information content (AvgIpc) is 2.61. The van der Waals surface area contributed by atoms with E-state index in [1.54, 1.807) is 32.4 Å². The predicted octanol–water partition coefficient (Wildman–Crippen LogP) is 3.34. The van der Waals surface area contributed by atoms with E-state index in [0.29, 0.717) is 17.1 Å². The van der Waals surface area contributed by atoms with Gasteiger partial charge in [0.1, 0.15) is 11.5 Å². The van der Waals surface area contributed by atoms with Crippen molar-refractivity contribution in [3.8, 4) is 11.5 Å². The molecule has 3 rings (SSSR count). The number of hydrogen-bond acceptors (Lipinski definition) is 4. The number of amides is 1. The largest absolute Gasteiger partial charge is 0.497 e. The number of carbonyl (C=O) groups excluding carboxylic acids is 1. The number of rotatable bonds is 4. The van der Waals surface area contributed by atoms with Gasteiger partial charge < -0.3 is 19.7 Å². The van der Waals surface area contributed by atoms with Crippen LogP contribution in [-0.2, 0) is 6.42 Å². The summed E-state index contributed by atoms with van der Waals surface area (Å²) in [5.41, 5.74) is 3.81. The molecule has 0 saturated heterocycles. The maximum atomic E-state index is 12.6. The van der Waals surface area contributed by atoms with Crippen molar-refractivity contribution < 1.29 is 14.3 Å². The monoisotopic (exact) mass is 326 g/mol. The Labute approximate surface area is 142 Å². The lowest BCUT2D eigenvalue weighted by atomic mass is 10.0. The first-order chi connectivity index (χ1) is 11.6. The molecule has 2 aromatic rings. The molecule has 0 unspecified atom stereocenters. The van der Waals surface area contributed by atoms with E-state index in [2.05, 4.69) is 29.4 Å². The second kappa shape index (κ2) is 6.83. The third-order valence-electron chi connectivity index (χ3n) is 4.30. The van der Waals surface area contributed by atoms with Gasteiger partial charge in [0, 0.05) is 36.6 Å². The van der Waals surface area contributed by atoms with Crippen molar-refractivity contribution in [3.63, 3.8) is 0 Å². The van der Waals surface area contributed by atoms with Crippen LogP contribution in [-0.4, -0.2) is 33.7 Å². The molecule has 1 amide bonds. The lowest BCUT2D eigenvalue weighted by Crippen LogP contribution is -2.24. The van der Waals surface area contributed by atoms with Crippen LogP contribution in [0.25, 0.3) is 0 Å². The third-order valence-corrected chi connectivity index (χ3v) is 4.30. The van der Waals surface area contributed by atoms with Gasteiger partial charge in [0.2, 0.25) is 0 Å². The number of methoxy groups -OCH3 is 2. The molecule has 0 bridgehead atoms. The Morgan fingerprint density at radius 2 is 1.79 bits per heavy atom. The highest BCUT2D eigenvalue weighted by atomic mass is 16.5. The quantitative estimate of drug-likeness (QED) is 0.936. The molecular weight excluding hydrogens is 304 g/mol. The molecule has 1 N–H and O–H groups in total. The van der Waals surface area contributed by atoms with Crippen molar-refractivity contribution in [3.05, 3.63) is 47.5 Å². The number of nitrogens with one attached hydrogen (secondary N) is 1. The first kappa shape index (κ1) is 16.2. The molecule has 24 heavy (non-hydrogen) atoms. The summed E-state index contributed by atoms with van der Waals surface area (Å²) < 4.78 is 10.4. The van der Waals surface area contributed by atoms with Crippen LogP contribution in [0.3, 0.4) is 0 Å². The summed E-state index contributed by atoms with van der Waals surface area (Å²) >= 11 is 0. The minimum absolute atomic E-state index is 0.184. The third kappa shape index (κ3) is 3.30. The Kier molecular flexibility index (Phi) is 4.60. The SMILES string of the molecule is COc1cc(OC)cc(C(=O)Nc2ccc3c(c2)CCCN3C)c1. The van der Waals surface area contributed by atoms with Gasteiger partial charge in [0.15, 0.2) is 0 Å². The number of fused-ring (bicyclic) bond motifs is 1. The summed E-state index contributed by atoms with van der Waals surface area (Å²) in [6, 6.07) is 11.2. The minimum Gasteiger partial charge on any atom is -0.497 e. The van der Waals surface area contributed by atoms with Crippen LogP contribution in [0.4, 0.5) is 11.4 Å². The molecule has 0 aliphatic carbocycles. The van der Waals surface area contributed by atoms with Gasteiger partial charge >= 0.3 is 0 Å². The predicted molar refractivity (Wildman–Crippen MR) is 95.5 cm³/mol. The second-order valence-corrected chi connectivity index (χ2v) is 5.92. The molecule has 0 radical (unpaired) electrons. The molecule has 0 atom stereocenters. The Hall–Kier alpha value is -2.69. The maximum Gasteiger partial charge on any atom is 0.255 e. The van der Waals surface area contributed by atoms with Crippen molar-refractivity contribution in [2.24, 2.45) is 0 Å². The van der Waals surface area contributed by atoms with Gasteiger partial charge in [-0.25, -0.2) is 0 Å². The van der Waals surface area contributed by atoms with Crippen molar-refractivity contribution in [1.29, 1.82) is 0 Å². The smallest absolute Gasteiger partial charge is 0.255 e. The summed E-state index contributed by atoms with van der Waals surface area (Å²) in [7, 11) is 5.23. The highest BCUT2D eigenvalue weighted by Crippen LogP contribution is 2.29. The minimum atomic E-state index is -0.184. The van der Waals surface area contributed by atoms with E-state index in [9.17, 15) is 4.79 Å². The maximum absolute atomic E-state index is 12.6. The first-order valence-corrected chi connectivity index (χ1v) is 7.99. The molecule has 1 heterocycles. The van der Waals surface area contributed by atoms with Crippen LogP contribution in [0.1, 0.15) is 22.3 Å². The average molecular weight is 326 g/mol. The molecule has 2 aromatic carbocycles. The highest BCUT2D eigenvalue weighted by Gasteiger charge is 2.15. The Balaban J connectivity index is 1.82. The zero-order valence-electron chi connectivity index (χ0n) is 14.3. The van der Waals surface area contributed by atoms with Crippen molar-refractivity contribution in [2.45, 2.75) is 12.8 Å². The normalized spacial score (nSPS) is 13.2. The Morgan fingerprint density at radius 1 is 1.08 bits per heavy atom. The fourth-order valence-electron chi connectivity index (χ4n) is 3.00. The number of benzene rings is 2. The molecule has 5 heteroatoms. The van der Waals surface area contributed by atoms with Gasteiger partial charge in [-0.2, -0.15) is 0 Å². The second-order valence-electron chi connectivity index (χ2n) is 5.92. The van der Waals surface area contributed by atoms with Crippen LogP contribution >= 0.6 is 0 Å². The van der Waals surface area contributed by atoms with Crippen molar-refractivity contribution >= 4 is 17.3 Å². The topological polar surface area (TPSA) is 50.8 Å². The Morgan fingerprint density at radius 3 is 2.46 bits per heavy atom. The van der Waals surface area contributed by atoms with E-state index >= 15 is 0 Å². The first-order valence-electron chi connectivity index (χ1n) is 7.99. The van der Waals surface area contributed by atoms with E-state index in [1.807, 2.05) is 6.07 Å². The molecule has 0 fully saturated rings. The van der Waals surface area contributed by atoms with Gasteiger partial charge in [-0.05, 0) is 48.7 Å². The van der Waals surface area contributed by atoms with Crippen LogP contribution in [0.15, 0.2) is 36.4 Å². The number of nitrogens with zero attached hydrogens (tertiary/aromatic N) is 1. The molecule has 0 spiro atoms. The number of anilines is 2. The molecule has 0 saturated carbocycles. The lowest BCUT2D eigenvalue weighted by Gasteiger charge is -2.27. The summed E-state index contributed by atoms with van der Waals surface area (Å²) in [5, 5.41) is 2.96. The summed E-state index contributed by atoms with van der Waals surface area (Å²) in [6.07, 6.45) is 2.17. The standard InChI is InChI=1S/C19H22N2O3/c1-21-8-4-5-13-9-15(6-7-18(13)21)20-19(22)14-10-16(23-2)12-17(11-14)24-3/h6-7,9-12H,4-5,8H2,1-3H3,(H,20,22). The van der Waals surface area contributed by atoms with Gasteiger partial charge in [-0.1, -0.05) is 0 Å². The Bertz CT molecular complexity index is 736. The molecule has 1 aliphatic heterocycles. The zero-order chi connectivity index (χ0) is 17.1. The number of carbonyl (C=O) groups is 1. The van der Waals surface area contributed by atoms with Crippen LogP contribution in [0, 0.1) is 0 Å². The van der Waals surface area contributed by atoms with Crippen LogP contribution in [0.5, 0.6) is 11.5 Å². The van der Waals surface area contributed by atoms with E-state index in [0.717, 1.165) is 25.1 Å². The molecule has 1 aliphatic rings. The van der Waals surface area contributed by atoms with Crippen LogP contribution in [0.2, 0.25) is 0 Å². The summed E-state index contributed by atoms with van der Waals surface area (Å²) in [6.45, 7) is 1.07. The molecular formula is C19H22N2O3.